The summed E-state index contributed by atoms with van der Waals surface area (Å²) in [5.41, 5.74) is -0.412. The number of halogens is 1. The van der Waals surface area contributed by atoms with Gasteiger partial charge in [-0.1, -0.05) is 62.4 Å². The van der Waals surface area contributed by atoms with Gasteiger partial charge in [0.1, 0.15) is 0 Å². The molecule has 4 nitrogen and oxygen atoms in total. The van der Waals surface area contributed by atoms with E-state index in [1.807, 2.05) is 6.92 Å². The smallest absolute Gasteiger partial charge is 0.307 e. The second-order valence-corrected chi connectivity index (χ2v) is 10.7. The number of rotatable bonds is 6. The lowest BCUT2D eigenvalue weighted by Crippen LogP contribution is -2.55. The van der Waals surface area contributed by atoms with E-state index in [1.165, 1.54) is 0 Å². The summed E-state index contributed by atoms with van der Waals surface area (Å²) in [5, 5.41) is 18.3. The predicted molar refractivity (Wildman–Crippen MR) is 103 cm³/mol. The van der Waals surface area contributed by atoms with Crippen LogP contribution in [0.5, 0.6) is 0 Å². The van der Waals surface area contributed by atoms with Crippen LogP contribution in [0.25, 0.3) is 0 Å². The molecule has 0 bridgehead atoms. The first-order valence-corrected chi connectivity index (χ1v) is 9.84. The van der Waals surface area contributed by atoms with Crippen LogP contribution in [0.1, 0.15) is 53.9 Å². The fourth-order valence-electron chi connectivity index (χ4n) is 4.64. The second-order valence-electron chi connectivity index (χ2n) is 8.89. The minimum Gasteiger partial charge on any atom is -0.481 e. The molecule has 0 spiro atoms. The van der Waals surface area contributed by atoms with Crippen molar-refractivity contribution in [2.75, 3.05) is 13.2 Å². The molecule has 2 aliphatic carbocycles. The molecule has 2 N–H and O–H groups in total. The Kier molecular flexibility index (Phi) is 5.50. The fourth-order valence-corrected chi connectivity index (χ4v) is 5.23. The van der Waals surface area contributed by atoms with Gasteiger partial charge in [0.2, 0.25) is 0 Å². The number of ether oxygens (including phenoxy) is 1. The van der Waals surface area contributed by atoms with Crippen molar-refractivity contribution in [1.29, 1.82) is 0 Å². The van der Waals surface area contributed by atoms with Crippen molar-refractivity contribution in [3.63, 3.8) is 0 Å². The van der Waals surface area contributed by atoms with Gasteiger partial charge in [-0.15, -0.1) is 0 Å². The Hall–Kier alpha value is -0.140. The van der Waals surface area contributed by atoms with Gasteiger partial charge in [-0.05, 0) is 42.9 Å². The maximum absolute atomic E-state index is 11.2. The molecule has 0 heterocycles. The number of hydrogen-bond acceptors (Lipinski definition) is 3. The van der Waals surface area contributed by atoms with Gasteiger partial charge in [-0.25, -0.2) is 0 Å². The molecule has 0 amide bonds. The summed E-state index contributed by atoms with van der Waals surface area (Å²) in [4.78, 5) is 11.2. The number of aliphatic hydroxyl groups is 1. The predicted octanol–water partition coefficient (Wildman–Crippen LogP) is 4.05. The van der Waals surface area contributed by atoms with Gasteiger partial charge in [-0.3, -0.25) is 4.79 Å². The van der Waals surface area contributed by atoms with Gasteiger partial charge in [0.15, 0.2) is 0 Å². The number of aliphatic carboxylic acids is 1. The number of aliphatic hydroxyl groups excluding tert-OH is 1. The van der Waals surface area contributed by atoms with Gasteiger partial charge in [0.05, 0.1) is 24.7 Å². The van der Waals surface area contributed by atoms with Crippen LogP contribution >= 0.6 is 22.6 Å². The van der Waals surface area contributed by atoms with E-state index in [9.17, 15) is 9.90 Å². The Morgan fingerprint density at radius 3 is 2.33 bits per heavy atom. The molecular formula is C19H31IO4. The van der Waals surface area contributed by atoms with Crippen molar-refractivity contribution in [3.8, 4) is 0 Å². The highest BCUT2D eigenvalue weighted by molar-refractivity contribution is 14.1. The molecule has 2 aliphatic rings. The zero-order valence-electron chi connectivity index (χ0n) is 15.4. The summed E-state index contributed by atoms with van der Waals surface area (Å²) < 4.78 is 5.93. The summed E-state index contributed by atoms with van der Waals surface area (Å²) >= 11 is 2.57. The highest BCUT2D eigenvalue weighted by Gasteiger charge is 2.57. The van der Waals surface area contributed by atoms with E-state index in [0.717, 1.165) is 19.3 Å². The van der Waals surface area contributed by atoms with E-state index in [0.29, 0.717) is 12.5 Å². The molecular weight excluding hydrogens is 419 g/mol. The van der Waals surface area contributed by atoms with Crippen LogP contribution < -0.4 is 0 Å². The van der Waals surface area contributed by atoms with Crippen molar-refractivity contribution >= 4 is 28.6 Å². The van der Waals surface area contributed by atoms with Crippen molar-refractivity contribution in [2.24, 2.45) is 22.7 Å². The number of hydrogen-bond donors (Lipinski definition) is 2. The Balaban J connectivity index is 2.19. The first-order chi connectivity index (χ1) is 10.9. The highest BCUT2D eigenvalue weighted by Crippen LogP contribution is 2.59. The molecule has 2 fully saturated rings. The monoisotopic (exact) mass is 450 g/mol. The van der Waals surface area contributed by atoms with E-state index in [-0.39, 0.29) is 32.4 Å². The van der Waals surface area contributed by atoms with Crippen LogP contribution in [0, 0.1) is 22.7 Å². The quantitative estimate of drug-likeness (QED) is 0.364. The van der Waals surface area contributed by atoms with E-state index in [1.54, 1.807) is 0 Å². The van der Waals surface area contributed by atoms with Crippen LogP contribution in [-0.4, -0.2) is 38.4 Å². The number of carbonyl (C=O) groups is 1. The standard InChI is InChI=1S/C19H31IO4/c1-13-10-18(5,24-9-8-21)12-16(2,3)19(13,20)7-6-17(4)11-14(17)15(22)23/h6-7,13-14,21H,8-12H2,1-5H3,(H,22,23)/b7-6+/t13-,14?,17?,18?,19+/m0/s1. The number of carboxylic acid groups (broad SMARTS) is 1. The topological polar surface area (TPSA) is 66.8 Å². The van der Waals surface area contributed by atoms with Gasteiger partial charge < -0.3 is 14.9 Å². The Labute approximate surface area is 159 Å². The van der Waals surface area contributed by atoms with Gasteiger partial charge in [-0.2, -0.15) is 0 Å². The molecule has 24 heavy (non-hydrogen) atoms. The minimum absolute atomic E-state index is 0.00982. The first-order valence-electron chi connectivity index (χ1n) is 8.76. The number of alkyl halides is 1. The molecule has 0 aliphatic heterocycles. The largest absolute Gasteiger partial charge is 0.481 e. The van der Waals surface area contributed by atoms with E-state index >= 15 is 0 Å². The summed E-state index contributed by atoms with van der Waals surface area (Å²) in [6.07, 6.45) is 7.00. The molecule has 2 saturated carbocycles. The molecule has 5 atom stereocenters. The van der Waals surface area contributed by atoms with Crippen molar-refractivity contribution < 1.29 is 19.7 Å². The van der Waals surface area contributed by atoms with Crippen LogP contribution in [0.2, 0.25) is 0 Å². The zero-order chi connectivity index (χ0) is 18.4. The lowest BCUT2D eigenvalue weighted by molar-refractivity contribution is -0.139. The van der Waals surface area contributed by atoms with Gasteiger partial charge in [0, 0.05) is 3.42 Å². The van der Waals surface area contributed by atoms with Crippen LogP contribution in [0.3, 0.4) is 0 Å². The van der Waals surface area contributed by atoms with Gasteiger partial charge in [0.25, 0.3) is 0 Å². The number of allylic oxidation sites excluding steroid dienone is 2. The summed E-state index contributed by atoms with van der Waals surface area (Å²) in [5.74, 6) is -0.535. The Bertz CT molecular complexity index is 531. The average Bonchev–Trinajstić information content (AvgIpc) is 3.13. The molecule has 2 rings (SSSR count). The average molecular weight is 450 g/mol. The molecule has 0 radical (unpaired) electrons. The Morgan fingerprint density at radius 2 is 1.88 bits per heavy atom. The SMILES string of the molecule is C[C@H]1CC(C)(OCCO)CC(C)(C)[C@@]1(I)/C=C/C1(C)CC1C(=O)O. The number of carboxylic acids is 1. The van der Waals surface area contributed by atoms with Crippen LogP contribution in [0.4, 0.5) is 0 Å². The normalized spacial score (nSPS) is 44.6. The summed E-state index contributed by atoms with van der Waals surface area (Å²) in [6.45, 7) is 11.4. The van der Waals surface area contributed by atoms with E-state index in [2.05, 4.69) is 62.4 Å². The lowest BCUT2D eigenvalue weighted by Gasteiger charge is -2.55. The second kappa shape index (κ2) is 6.54. The molecule has 5 heteroatoms. The van der Waals surface area contributed by atoms with Crippen molar-refractivity contribution in [3.05, 3.63) is 12.2 Å². The molecule has 0 saturated heterocycles. The molecule has 3 unspecified atom stereocenters. The minimum atomic E-state index is -0.689. The fraction of sp³-hybridized carbons (Fsp3) is 0.842. The third-order valence-electron chi connectivity index (χ3n) is 6.13. The Morgan fingerprint density at radius 1 is 1.25 bits per heavy atom. The van der Waals surface area contributed by atoms with E-state index in [4.69, 9.17) is 9.84 Å². The summed E-state index contributed by atoms with van der Waals surface area (Å²) in [6, 6.07) is 0. The van der Waals surface area contributed by atoms with Crippen LogP contribution in [0.15, 0.2) is 12.2 Å². The van der Waals surface area contributed by atoms with Crippen molar-refractivity contribution in [1.82, 2.24) is 0 Å². The zero-order valence-corrected chi connectivity index (χ0v) is 17.6. The highest BCUT2D eigenvalue weighted by atomic mass is 127. The lowest BCUT2D eigenvalue weighted by atomic mass is 9.59. The van der Waals surface area contributed by atoms with Crippen LogP contribution in [-0.2, 0) is 9.53 Å². The maximum Gasteiger partial charge on any atom is 0.307 e. The molecule has 0 aromatic carbocycles. The summed E-state index contributed by atoms with van der Waals surface area (Å²) in [7, 11) is 0. The molecule has 138 valence electrons. The third kappa shape index (κ3) is 3.68. The van der Waals surface area contributed by atoms with Gasteiger partial charge >= 0.3 is 5.97 Å². The first kappa shape index (κ1) is 20.2. The molecule has 0 aromatic heterocycles. The van der Waals surface area contributed by atoms with Crippen molar-refractivity contribution in [2.45, 2.75) is 62.9 Å². The van der Waals surface area contributed by atoms with E-state index < -0.39 is 5.97 Å². The third-order valence-corrected chi connectivity index (χ3v) is 9.02. The molecule has 0 aromatic rings. The maximum atomic E-state index is 11.2.